The molecule has 25 heteroatoms. The number of thiol groups is 1. The first-order valence-corrected chi connectivity index (χ1v) is 17.5. The lowest BCUT2D eigenvalue weighted by Gasteiger charge is -2.26. The van der Waals surface area contributed by atoms with E-state index in [1.807, 2.05) is 0 Å². The molecule has 21 nitrogen and oxygen atoms in total. The molecule has 0 spiro atoms. The highest BCUT2D eigenvalue weighted by molar-refractivity contribution is 8.44. The second-order valence-electron chi connectivity index (χ2n) is 10.3. The van der Waals surface area contributed by atoms with Crippen LogP contribution in [0.25, 0.3) is 22.3 Å². The van der Waals surface area contributed by atoms with Crippen LogP contribution in [0.2, 0.25) is 0 Å². The topological polar surface area (TPSA) is 278 Å². The third-order valence-electron chi connectivity index (χ3n) is 7.49. The lowest BCUT2D eigenvalue weighted by atomic mass is 10.1. The smallest absolute Gasteiger partial charge is 0.387 e. The van der Waals surface area contributed by atoms with Crippen LogP contribution in [0.15, 0.2) is 23.8 Å². The summed E-state index contributed by atoms with van der Waals surface area (Å²) in [5.41, 5.74) is 11.0. The predicted molar refractivity (Wildman–Crippen MR) is 154 cm³/mol. The van der Waals surface area contributed by atoms with E-state index in [0.717, 1.165) is 19.8 Å². The Bertz CT molecular complexity index is 1960. The zero-order chi connectivity index (χ0) is 32.5. The van der Waals surface area contributed by atoms with Gasteiger partial charge in [-0.2, -0.15) is 4.98 Å². The highest BCUT2D eigenvalue weighted by atomic mass is 32.7. The number of aliphatic hydroxyl groups is 1. The summed E-state index contributed by atoms with van der Waals surface area (Å²) in [6.45, 7) is -5.78. The molecule has 3 fully saturated rings. The summed E-state index contributed by atoms with van der Waals surface area (Å²) < 4.78 is 84.7. The average Bonchev–Trinajstić information content (AvgIpc) is 3.77. The molecule has 0 radical (unpaired) electrons. The first-order chi connectivity index (χ1) is 21.9. The van der Waals surface area contributed by atoms with Gasteiger partial charge in [0.25, 0.3) is 5.56 Å². The summed E-state index contributed by atoms with van der Waals surface area (Å²) in [5, 5.41) is 11.2. The number of fused-ring (bicyclic) bond motifs is 5. The molecule has 3 aliphatic heterocycles. The lowest BCUT2D eigenvalue weighted by Crippen LogP contribution is -2.35. The summed E-state index contributed by atoms with van der Waals surface area (Å²) >= 11 is 4.05. The standard InChI is InChI=1S/C21H25FN10O11P2S/c1-37-44(35)38-2-7-12(33)14(20(40-7)32-6-28-11-17(32)29-21(24)30-18(11)34)43-45(36,46)39-3-8-13(42-44)9(22)19(41-8)31-5-27-10-15(23)25-4-26-16(10)31/h4-9,12-14,19-20,33H,2-3H2,1H3,(H,36,46)(H2,23,25,26)(H3,24,29,30,34)/t7-,8-,9?,12+,13?,14+,19?,20-,44?,45+/m1/s1. The number of alkyl halides is 1. The third kappa shape index (κ3) is 5.40. The van der Waals surface area contributed by atoms with Crippen LogP contribution >= 0.6 is 26.9 Å². The minimum Gasteiger partial charge on any atom is -0.387 e. The van der Waals surface area contributed by atoms with Gasteiger partial charge in [-0.25, -0.2) is 33.5 Å². The molecule has 4 aromatic heterocycles. The molecular formula is C21H25FN10O11P2S. The van der Waals surface area contributed by atoms with E-state index in [-0.39, 0.29) is 34.1 Å². The van der Waals surface area contributed by atoms with Crippen LogP contribution in [0.5, 0.6) is 0 Å². The van der Waals surface area contributed by atoms with Crippen LogP contribution < -0.4 is 17.0 Å². The van der Waals surface area contributed by atoms with Gasteiger partial charge in [-0.05, 0) is 0 Å². The fourth-order valence-corrected chi connectivity index (χ4v) is 7.94. The van der Waals surface area contributed by atoms with E-state index in [1.165, 1.54) is 15.5 Å². The first kappa shape index (κ1) is 31.5. The fourth-order valence-electron chi connectivity index (χ4n) is 5.35. The van der Waals surface area contributed by atoms with Crippen molar-refractivity contribution >= 4 is 61.0 Å². The van der Waals surface area contributed by atoms with Crippen LogP contribution in [0, 0.1) is 0 Å². The molecular weight excluding hydrogens is 681 g/mol. The van der Waals surface area contributed by atoms with E-state index in [0.29, 0.717) is 0 Å². The van der Waals surface area contributed by atoms with Gasteiger partial charge in [0.05, 0.1) is 25.9 Å². The predicted octanol–water partition coefficient (Wildman–Crippen LogP) is 0.227. The van der Waals surface area contributed by atoms with Crippen molar-refractivity contribution in [3.05, 3.63) is 29.3 Å². The minimum atomic E-state index is -4.61. The molecule has 46 heavy (non-hydrogen) atoms. The van der Waals surface area contributed by atoms with Crippen molar-refractivity contribution in [3.8, 4) is 0 Å². The number of imidazole rings is 2. The molecule has 4 aromatic rings. The van der Waals surface area contributed by atoms with Gasteiger partial charge < -0.3 is 26.0 Å². The quantitative estimate of drug-likeness (QED) is 0.141. The number of nitrogens with zero attached hydrogens (tertiary/aromatic N) is 7. The third-order valence-corrected chi connectivity index (χ3v) is 10.5. The van der Waals surface area contributed by atoms with Crippen LogP contribution in [-0.4, -0.2) is 101 Å². The molecule has 4 unspecified atom stereocenters. The fraction of sp³-hybridized carbons (Fsp3) is 0.524. The molecule has 2 bridgehead atoms. The molecule has 248 valence electrons. The highest BCUT2D eigenvalue weighted by Gasteiger charge is 2.54. The van der Waals surface area contributed by atoms with Gasteiger partial charge in [0, 0.05) is 7.11 Å². The van der Waals surface area contributed by atoms with Crippen molar-refractivity contribution in [1.29, 1.82) is 0 Å². The van der Waals surface area contributed by atoms with E-state index >= 15 is 4.39 Å². The molecule has 0 aromatic carbocycles. The zero-order valence-corrected chi connectivity index (χ0v) is 26.0. The largest absolute Gasteiger partial charge is 0.475 e. The van der Waals surface area contributed by atoms with E-state index in [4.69, 9.17) is 43.6 Å². The Kier molecular flexibility index (Phi) is 7.92. The second kappa shape index (κ2) is 11.6. The van der Waals surface area contributed by atoms with Crippen molar-refractivity contribution in [2.24, 2.45) is 0 Å². The molecule has 0 aliphatic carbocycles. The summed E-state index contributed by atoms with van der Waals surface area (Å²) in [5.74, 6) is -0.203. The Morgan fingerprint density at radius 2 is 1.70 bits per heavy atom. The van der Waals surface area contributed by atoms with Crippen molar-refractivity contribution < 1.29 is 50.7 Å². The van der Waals surface area contributed by atoms with Crippen molar-refractivity contribution in [1.82, 2.24) is 39.0 Å². The van der Waals surface area contributed by atoms with E-state index in [2.05, 4.69) is 42.2 Å². The number of nitrogen functional groups attached to an aromatic ring is 2. The van der Waals surface area contributed by atoms with Gasteiger partial charge in [0.2, 0.25) is 5.95 Å². The second-order valence-corrected chi connectivity index (χ2v) is 14.9. The maximum atomic E-state index is 16.1. The molecule has 7 heterocycles. The van der Waals surface area contributed by atoms with Gasteiger partial charge in [0.15, 0.2) is 41.3 Å². The van der Waals surface area contributed by atoms with Crippen LogP contribution in [0.3, 0.4) is 0 Å². The number of hydrogen-bond acceptors (Lipinski definition) is 18. The minimum absolute atomic E-state index is 0.0387. The monoisotopic (exact) mass is 706 g/mol. The van der Waals surface area contributed by atoms with Crippen molar-refractivity contribution in [2.45, 2.75) is 49.1 Å². The number of nitrogens with two attached hydrogens (primary N) is 2. The maximum absolute atomic E-state index is 16.1. The molecule has 6 N–H and O–H groups in total. The van der Waals surface area contributed by atoms with E-state index in [1.54, 1.807) is 0 Å². The zero-order valence-electron chi connectivity index (χ0n) is 23.3. The normalized spacial score (nSPS) is 37.1. The molecule has 0 amide bonds. The van der Waals surface area contributed by atoms with Crippen LogP contribution in [-0.2, 0) is 41.2 Å². The number of H-pyrrole nitrogens is 1. The molecule has 3 saturated heterocycles. The number of ether oxygens (including phenoxy) is 2. The number of nitrogens with one attached hydrogen (secondary N) is 1. The Hall–Kier alpha value is -3.08. The highest BCUT2D eigenvalue weighted by Crippen LogP contribution is 2.59. The van der Waals surface area contributed by atoms with Gasteiger partial charge in [-0.3, -0.25) is 41.5 Å². The van der Waals surface area contributed by atoms with Gasteiger partial charge in [-0.1, -0.05) is 12.2 Å². The van der Waals surface area contributed by atoms with Crippen LogP contribution in [0.4, 0.5) is 16.2 Å². The Labute approximate surface area is 261 Å². The lowest BCUT2D eigenvalue weighted by molar-refractivity contribution is -0.0629. The Morgan fingerprint density at radius 3 is 2.46 bits per heavy atom. The summed E-state index contributed by atoms with van der Waals surface area (Å²) in [6.07, 6.45) is -8.97. The number of anilines is 2. The number of hydrogen-bond donors (Lipinski definition) is 5. The average molecular weight is 707 g/mol. The van der Waals surface area contributed by atoms with Gasteiger partial charge in [0.1, 0.15) is 42.4 Å². The van der Waals surface area contributed by atoms with Crippen molar-refractivity contribution in [3.63, 3.8) is 0 Å². The molecule has 0 saturated carbocycles. The Balaban J connectivity index is 1.22. The number of aromatic nitrogens is 8. The number of rotatable bonds is 3. The van der Waals surface area contributed by atoms with Crippen molar-refractivity contribution in [2.75, 3.05) is 31.8 Å². The van der Waals surface area contributed by atoms with Crippen LogP contribution in [0.1, 0.15) is 12.5 Å². The van der Waals surface area contributed by atoms with Gasteiger partial charge >= 0.3 is 14.6 Å². The van der Waals surface area contributed by atoms with E-state index in [9.17, 15) is 19.0 Å². The molecule has 3 aliphatic rings. The number of phosphoric acid groups is 1. The summed E-state index contributed by atoms with van der Waals surface area (Å²) in [4.78, 5) is 34.8. The number of aromatic amines is 1. The number of phosphoric ester groups is 1. The Morgan fingerprint density at radius 1 is 1.00 bits per heavy atom. The van der Waals surface area contributed by atoms with E-state index < -0.39 is 82.5 Å². The van der Waals surface area contributed by atoms with Gasteiger partial charge in [-0.15, -0.1) is 0 Å². The molecule has 10 atom stereocenters. The molecule has 7 rings (SSSR count). The number of aliphatic hydroxyl groups excluding tert-OH is 1. The number of halogens is 1. The summed E-state index contributed by atoms with van der Waals surface area (Å²) in [7, 11) is -3.61. The SMILES string of the molecule is COP1(=O)OC[C@H]2O[C@@H](n3cnc4c(=O)[nH]c(N)nc43)[C@@H](O[P@@](=O)(S)OC[C@H]3OC(n4cnc5c(N)ncnc54)C(F)C3O1)[C@H]2O. The summed E-state index contributed by atoms with van der Waals surface area (Å²) in [6, 6.07) is 0. The maximum Gasteiger partial charge on any atom is 0.475 e. The first-order valence-electron chi connectivity index (χ1n) is 13.3.